The van der Waals surface area contributed by atoms with Crippen LogP contribution in [0.4, 0.5) is 0 Å². The maximum Gasteiger partial charge on any atom is 0.310 e. The highest BCUT2D eigenvalue weighted by molar-refractivity contribution is 5.75. The standard InChI is InChI=1S/C16H29NO2/c1-4-16(15(18)19)9-10-17(11-16)14-8-6-5-7-13(14)12(2)3/h12-14H,4-11H2,1-3H3,(H,18,19). The van der Waals surface area contributed by atoms with E-state index in [0.717, 1.165) is 31.8 Å². The van der Waals surface area contributed by atoms with E-state index in [4.69, 9.17) is 0 Å². The number of carboxylic acid groups (broad SMARTS) is 1. The normalized spacial score (nSPS) is 36.8. The summed E-state index contributed by atoms with van der Waals surface area (Å²) >= 11 is 0. The number of carboxylic acids is 1. The molecule has 1 saturated heterocycles. The zero-order chi connectivity index (χ0) is 14.0. The zero-order valence-corrected chi connectivity index (χ0v) is 12.7. The summed E-state index contributed by atoms with van der Waals surface area (Å²) in [6, 6.07) is 0.626. The number of hydrogen-bond acceptors (Lipinski definition) is 2. The van der Waals surface area contributed by atoms with Crippen molar-refractivity contribution in [2.24, 2.45) is 17.3 Å². The maximum atomic E-state index is 11.6. The number of aliphatic carboxylic acids is 1. The topological polar surface area (TPSA) is 40.5 Å². The largest absolute Gasteiger partial charge is 0.481 e. The Kier molecular flexibility index (Phi) is 4.54. The van der Waals surface area contributed by atoms with E-state index in [-0.39, 0.29) is 0 Å². The van der Waals surface area contributed by atoms with Crippen LogP contribution in [-0.2, 0) is 4.79 Å². The van der Waals surface area contributed by atoms with Crippen LogP contribution < -0.4 is 0 Å². The molecule has 0 bridgehead atoms. The number of likely N-dealkylation sites (tertiary alicyclic amines) is 1. The first-order valence-electron chi connectivity index (χ1n) is 7.97. The third-order valence-electron chi connectivity index (χ3n) is 5.62. The van der Waals surface area contributed by atoms with Crippen molar-refractivity contribution in [3.8, 4) is 0 Å². The van der Waals surface area contributed by atoms with Crippen molar-refractivity contribution in [2.45, 2.75) is 65.3 Å². The van der Waals surface area contributed by atoms with Crippen molar-refractivity contribution >= 4 is 5.97 Å². The molecule has 0 amide bonds. The summed E-state index contributed by atoms with van der Waals surface area (Å²) in [4.78, 5) is 14.1. The van der Waals surface area contributed by atoms with E-state index in [1.807, 2.05) is 6.92 Å². The summed E-state index contributed by atoms with van der Waals surface area (Å²) in [7, 11) is 0. The van der Waals surface area contributed by atoms with Crippen molar-refractivity contribution in [2.75, 3.05) is 13.1 Å². The van der Waals surface area contributed by atoms with Crippen LogP contribution >= 0.6 is 0 Å². The van der Waals surface area contributed by atoms with Gasteiger partial charge in [0.25, 0.3) is 0 Å². The SMILES string of the molecule is CCC1(C(=O)O)CCN(C2CCCCC2C(C)C)C1. The molecule has 1 heterocycles. The highest BCUT2D eigenvalue weighted by atomic mass is 16.4. The van der Waals surface area contributed by atoms with Gasteiger partial charge >= 0.3 is 5.97 Å². The molecule has 2 rings (SSSR count). The minimum atomic E-state index is -0.589. The van der Waals surface area contributed by atoms with Gasteiger partial charge in [-0.1, -0.05) is 33.6 Å². The van der Waals surface area contributed by atoms with Gasteiger partial charge in [0.15, 0.2) is 0 Å². The van der Waals surface area contributed by atoms with Crippen LogP contribution in [0.5, 0.6) is 0 Å². The number of rotatable bonds is 4. The highest BCUT2D eigenvalue weighted by Gasteiger charge is 2.46. The molecule has 2 fully saturated rings. The molecule has 3 atom stereocenters. The van der Waals surface area contributed by atoms with Gasteiger partial charge in [-0.3, -0.25) is 9.69 Å². The van der Waals surface area contributed by atoms with Crippen LogP contribution in [0.1, 0.15) is 59.3 Å². The van der Waals surface area contributed by atoms with Crippen molar-refractivity contribution in [1.29, 1.82) is 0 Å². The van der Waals surface area contributed by atoms with Gasteiger partial charge in [-0.2, -0.15) is 0 Å². The van der Waals surface area contributed by atoms with Crippen LogP contribution in [0.25, 0.3) is 0 Å². The van der Waals surface area contributed by atoms with Crippen LogP contribution in [0, 0.1) is 17.3 Å². The van der Waals surface area contributed by atoms with Crippen LogP contribution in [-0.4, -0.2) is 35.1 Å². The van der Waals surface area contributed by atoms with Crippen molar-refractivity contribution < 1.29 is 9.90 Å². The molecule has 1 aliphatic carbocycles. The summed E-state index contributed by atoms with van der Waals surface area (Å²) in [5.41, 5.74) is -0.473. The lowest BCUT2D eigenvalue weighted by Crippen LogP contribution is -2.45. The van der Waals surface area contributed by atoms with E-state index in [0.29, 0.717) is 12.0 Å². The van der Waals surface area contributed by atoms with E-state index in [1.165, 1.54) is 25.7 Å². The van der Waals surface area contributed by atoms with E-state index in [1.54, 1.807) is 0 Å². The van der Waals surface area contributed by atoms with Gasteiger partial charge in [0.1, 0.15) is 0 Å². The van der Waals surface area contributed by atoms with Crippen LogP contribution in [0.15, 0.2) is 0 Å². The molecule has 0 aromatic heterocycles. The first-order chi connectivity index (χ1) is 9.00. The van der Waals surface area contributed by atoms with Crippen LogP contribution in [0.2, 0.25) is 0 Å². The van der Waals surface area contributed by atoms with Gasteiger partial charge in [0.05, 0.1) is 5.41 Å². The van der Waals surface area contributed by atoms with Crippen molar-refractivity contribution in [3.63, 3.8) is 0 Å². The average molecular weight is 267 g/mol. The summed E-state index contributed by atoms with van der Waals surface area (Å²) in [5.74, 6) is 0.886. The smallest absolute Gasteiger partial charge is 0.310 e. The van der Waals surface area contributed by atoms with Crippen LogP contribution in [0.3, 0.4) is 0 Å². The molecule has 19 heavy (non-hydrogen) atoms. The Balaban J connectivity index is 2.08. The molecule has 2 aliphatic rings. The predicted octanol–water partition coefficient (Wildman–Crippen LogP) is 3.39. The molecular formula is C16H29NO2. The first kappa shape index (κ1) is 14.8. The Morgan fingerprint density at radius 2 is 2.05 bits per heavy atom. The monoisotopic (exact) mass is 267 g/mol. The third-order valence-corrected chi connectivity index (χ3v) is 5.62. The summed E-state index contributed by atoms with van der Waals surface area (Å²) in [6.07, 6.45) is 6.85. The van der Waals surface area contributed by atoms with Gasteiger partial charge < -0.3 is 5.11 Å². The lowest BCUT2D eigenvalue weighted by atomic mass is 9.77. The molecule has 1 aliphatic heterocycles. The molecule has 3 heteroatoms. The number of hydrogen-bond donors (Lipinski definition) is 1. The van der Waals surface area contributed by atoms with E-state index in [9.17, 15) is 9.90 Å². The molecule has 0 radical (unpaired) electrons. The van der Waals surface area contributed by atoms with E-state index < -0.39 is 11.4 Å². The first-order valence-corrected chi connectivity index (χ1v) is 7.97. The molecule has 1 saturated carbocycles. The third kappa shape index (κ3) is 2.81. The molecule has 3 nitrogen and oxygen atoms in total. The molecule has 1 N–H and O–H groups in total. The number of nitrogens with zero attached hydrogens (tertiary/aromatic N) is 1. The lowest BCUT2D eigenvalue weighted by Gasteiger charge is -2.40. The average Bonchev–Trinajstić information content (AvgIpc) is 2.84. The Morgan fingerprint density at radius 1 is 1.37 bits per heavy atom. The second-order valence-electron chi connectivity index (χ2n) is 6.92. The van der Waals surface area contributed by atoms with Gasteiger partial charge in [-0.15, -0.1) is 0 Å². The van der Waals surface area contributed by atoms with Gasteiger partial charge in [0.2, 0.25) is 0 Å². The van der Waals surface area contributed by atoms with E-state index >= 15 is 0 Å². The highest BCUT2D eigenvalue weighted by Crippen LogP contribution is 2.40. The molecule has 110 valence electrons. The molecular weight excluding hydrogens is 238 g/mol. The summed E-state index contributed by atoms with van der Waals surface area (Å²) < 4.78 is 0. The van der Waals surface area contributed by atoms with E-state index in [2.05, 4.69) is 18.7 Å². The number of carbonyl (C=O) groups is 1. The summed E-state index contributed by atoms with van der Waals surface area (Å²) in [6.45, 7) is 8.42. The second-order valence-corrected chi connectivity index (χ2v) is 6.92. The predicted molar refractivity (Wildman–Crippen MR) is 77.1 cm³/mol. The fourth-order valence-corrected chi connectivity index (χ4v) is 4.17. The maximum absolute atomic E-state index is 11.6. The molecule has 3 unspecified atom stereocenters. The lowest BCUT2D eigenvalue weighted by molar-refractivity contribution is -0.148. The minimum Gasteiger partial charge on any atom is -0.481 e. The zero-order valence-electron chi connectivity index (χ0n) is 12.7. The molecule has 0 spiro atoms. The second kappa shape index (κ2) is 5.82. The van der Waals surface area contributed by atoms with Gasteiger partial charge in [-0.25, -0.2) is 0 Å². The minimum absolute atomic E-state index is 0.473. The molecule has 0 aromatic carbocycles. The molecule has 0 aromatic rings. The van der Waals surface area contributed by atoms with Crippen molar-refractivity contribution in [1.82, 2.24) is 4.90 Å². The summed E-state index contributed by atoms with van der Waals surface area (Å²) in [5, 5.41) is 9.53. The fourth-order valence-electron chi connectivity index (χ4n) is 4.17. The quantitative estimate of drug-likeness (QED) is 0.849. The van der Waals surface area contributed by atoms with Gasteiger partial charge in [-0.05, 0) is 44.1 Å². The Bertz CT molecular complexity index is 329. The Hall–Kier alpha value is -0.570. The van der Waals surface area contributed by atoms with Crippen molar-refractivity contribution in [3.05, 3.63) is 0 Å². The Morgan fingerprint density at radius 3 is 2.58 bits per heavy atom. The Labute approximate surface area is 117 Å². The fraction of sp³-hybridized carbons (Fsp3) is 0.938. The van der Waals surface area contributed by atoms with Gasteiger partial charge in [0, 0.05) is 12.6 Å².